The van der Waals surface area contributed by atoms with E-state index < -0.39 is 18.4 Å². The van der Waals surface area contributed by atoms with Crippen molar-refractivity contribution in [2.45, 2.75) is 79.5 Å². The van der Waals surface area contributed by atoms with E-state index in [1.165, 1.54) is 58.8 Å². The van der Waals surface area contributed by atoms with Crippen LogP contribution in [0, 0.1) is 0 Å². The molecule has 4 nitrogen and oxygen atoms in total. The van der Waals surface area contributed by atoms with E-state index in [0.717, 1.165) is 5.56 Å². The molecule has 0 aliphatic carbocycles. The van der Waals surface area contributed by atoms with Gasteiger partial charge in [0.25, 0.3) is 0 Å². The van der Waals surface area contributed by atoms with Crippen molar-refractivity contribution in [3.63, 3.8) is 0 Å². The van der Waals surface area contributed by atoms with Gasteiger partial charge in [-0.2, -0.15) is 0 Å². The number of benzene rings is 1. The summed E-state index contributed by atoms with van der Waals surface area (Å²) in [6.45, 7) is 8.24. The molecule has 0 radical (unpaired) electrons. The molecule has 27 heavy (non-hydrogen) atoms. The van der Waals surface area contributed by atoms with Crippen molar-refractivity contribution in [1.82, 2.24) is 5.32 Å². The van der Waals surface area contributed by atoms with Crippen molar-refractivity contribution >= 4 is 33.8 Å². The Morgan fingerprint density at radius 2 is 1.26 bits per heavy atom. The third-order valence-corrected chi connectivity index (χ3v) is 20.7. The minimum absolute atomic E-state index is 0.0213. The van der Waals surface area contributed by atoms with E-state index in [-0.39, 0.29) is 11.8 Å². The summed E-state index contributed by atoms with van der Waals surface area (Å²) in [7, 11) is 1.70. The van der Waals surface area contributed by atoms with E-state index in [2.05, 4.69) is 44.0 Å². The molecule has 0 bridgehead atoms. The van der Waals surface area contributed by atoms with Crippen LogP contribution >= 0.6 is 0 Å². The first-order chi connectivity index (χ1) is 12.9. The van der Waals surface area contributed by atoms with Gasteiger partial charge in [-0.3, -0.25) is 4.79 Å². The third kappa shape index (κ3) is 10.2. The fourth-order valence-corrected chi connectivity index (χ4v) is 19.4. The zero-order chi connectivity index (χ0) is 20.7. The first kappa shape index (κ1) is 26.0. The summed E-state index contributed by atoms with van der Waals surface area (Å²) in [5.41, 5.74) is 5.26. The molecular formula is C22H40N2O2Sn. The predicted octanol–water partition coefficient (Wildman–Crippen LogP) is 4.59. The summed E-state index contributed by atoms with van der Waals surface area (Å²) in [5, 5.41) is 2.72. The van der Waals surface area contributed by atoms with Crippen molar-refractivity contribution in [2.75, 3.05) is 7.05 Å². The minimum atomic E-state index is -2.32. The van der Waals surface area contributed by atoms with Crippen LogP contribution in [-0.4, -0.2) is 37.2 Å². The second-order valence-corrected chi connectivity index (χ2v) is 20.6. The predicted molar refractivity (Wildman–Crippen MR) is 119 cm³/mol. The van der Waals surface area contributed by atoms with Crippen LogP contribution in [-0.2, 0) is 4.79 Å². The summed E-state index contributed by atoms with van der Waals surface area (Å²) in [4.78, 5) is 21.0. The summed E-state index contributed by atoms with van der Waals surface area (Å²) in [6, 6.07) is 8.68. The van der Waals surface area contributed by atoms with Crippen LogP contribution in [0.25, 0.3) is 0 Å². The average molecular weight is 483 g/mol. The monoisotopic (exact) mass is 484 g/mol. The maximum absolute atomic E-state index is 11.8. The van der Waals surface area contributed by atoms with Gasteiger partial charge in [-0.15, -0.1) is 0 Å². The SMILES string of the molecule is CC(N)=O.CCC[CH2][Sn]([CH2]CCC)([CH2]CCC)[c]1ccc(C(=O)NC)cc1. The van der Waals surface area contributed by atoms with E-state index in [1.54, 1.807) is 10.6 Å². The van der Waals surface area contributed by atoms with E-state index in [0.29, 0.717) is 0 Å². The number of carbonyl (C=O) groups is 2. The van der Waals surface area contributed by atoms with Gasteiger partial charge in [-0.05, 0) is 0 Å². The van der Waals surface area contributed by atoms with E-state index in [9.17, 15) is 9.59 Å². The number of unbranched alkanes of at least 4 members (excludes halogenated alkanes) is 3. The molecule has 0 aliphatic heterocycles. The Kier molecular flexibility index (Phi) is 14.4. The number of hydrogen-bond acceptors (Lipinski definition) is 2. The summed E-state index contributed by atoms with van der Waals surface area (Å²) in [5.74, 6) is -0.312. The molecule has 0 aromatic heterocycles. The Morgan fingerprint density at radius 1 is 0.889 bits per heavy atom. The Hall–Kier alpha value is -1.04. The molecule has 1 aromatic rings. The van der Waals surface area contributed by atoms with Crippen LogP contribution < -0.4 is 14.6 Å². The maximum atomic E-state index is 11.8. The Labute approximate surface area is 170 Å². The van der Waals surface area contributed by atoms with E-state index in [4.69, 9.17) is 0 Å². The Balaban J connectivity index is 0.00000153. The molecule has 0 spiro atoms. The third-order valence-electron chi connectivity index (χ3n) is 5.01. The van der Waals surface area contributed by atoms with Gasteiger partial charge < -0.3 is 5.73 Å². The molecule has 2 amide bonds. The molecule has 5 heteroatoms. The normalized spacial score (nSPS) is 10.7. The van der Waals surface area contributed by atoms with Crippen LogP contribution in [0.15, 0.2) is 24.3 Å². The number of nitrogens with one attached hydrogen (secondary N) is 1. The number of carbonyl (C=O) groups excluding carboxylic acids is 2. The summed E-state index contributed by atoms with van der Waals surface area (Å²) >= 11 is -2.32. The number of primary amides is 1. The molecule has 1 rings (SSSR count). The quantitative estimate of drug-likeness (QED) is 0.452. The van der Waals surface area contributed by atoms with Crippen molar-refractivity contribution < 1.29 is 9.59 Å². The van der Waals surface area contributed by atoms with Crippen molar-refractivity contribution in [1.29, 1.82) is 0 Å². The number of rotatable bonds is 11. The van der Waals surface area contributed by atoms with Crippen molar-refractivity contribution in [3.05, 3.63) is 29.8 Å². The van der Waals surface area contributed by atoms with Crippen LogP contribution in [0.5, 0.6) is 0 Å². The van der Waals surface area contributed by atoms with Gasteiger partial charge in [0, 0.05) is 6.92 Å². The number of amides is 2. The second kappa shape index (κ2) is 14.9. The number of nitrogens with two attached hydrogens (primary N) is 1. The Morgan fingerprint density at radius 3 is 1.56 bits per heavy atom. The van der Waals surface area contributed by atoms with E-state index >= 15 is 0 Å². The van der Waals surface area contributed by atoms with E-state index in [1.807, 2.05) is 12.1 Å². The first-order valence-corrected chi connectivity index (χ1v) is 17.9. The fraction of sp³-hybridized carbons (Fsp3) is 0.636. The molecular weight excluding hydrogens is 443 g/mol. The molecule has 1 aromatic carbocycles. The topological polar surface area (TPSA) is 72.2 Å². The molecule has 0 heterocycles. The van der Waals surface area contributed by atoms with Crippen LogP contribution in [0.4, 0.5) is 0 Å². The zero-order valence-electron chi connectivity index (χ0n) is 18.1. The van der Waals surface area contributed by atoms with Crippen LogP contribution in [0.1, 0.15) is 76.6 Å². The van der Waals surface area contributed by atoms with Crippen molar-refractivity contribution in [3.8, 4) is 0 Å². The molecule has 0 atom stereocenters. The zero-order valence-corrected chi connectivity index (χ0v) is 20.9. The summed E-state index contributed by atoms with van der Waals surface area (Å²) < 4.78 is 6.07. The first-order valence-electron chi connectivity index (χ1n) is 10.5. The second-order valence-electron chi connectivity index (χ2n) is 7.36. The van der Waals surface area contributed by atoms with Gasteiger partial charge >= 0.3 is 147 Å². The molecule has 3 N–H and O–H groups in total. The van der Waals surface area contributed by atoms with Gasteiger partial charge in [-0.1, -0.05) is 0 Å². The molecule has 0 unspecified atom stereocenters. The number of hydrogen-bond donors (Lipinski definition) is 2. The fourth-order valence-electron chi connectivity index (χ4n) is 3.47. The van der Waals surface area contributed by atoms with Gasteiger partial charge in [0.2, 0.25) is 5.91 Å². The standard InChI is InChI=1S/C8H8NO.3C4H9.C2H5NO.Sn/c1-9-8(10)7-5-3-2-4-6-7;3*1-3-4-2;1-2(3)4;/h3-6H,1H3,(H,9,10);3*1,3-4H2,2H3;1H3,(H2,3,4);. The van der Waals surface area contributed by atoms with Gasteiger partial charge in [0.15, 0.2) is 0 Å². The van der Waals surface area contributed by atoms with Gasteiger partial charge in [0.05, 0.1) is 0 Å². The van der Waals surface area contributed by atoms with Crippen LogP contribution in [0.3, 0.4) is 0 Å². The molecule has 0 fully saturated rings. The average Bonchev–Trinajstić information content (AvgIpc) is 2.67. The molecule has 0 aliphatic rings. The van der Waals surface area contributed by atoms with Crippen LogP contribution in [0.2, 0.25) is 13.3 Å². The summed E-state index contributed by atoms with van der Waals surface area (Å²) in [6.07, 6.45) is 8.02. The van der Waals surface area contributed by atoms with Gasteiger partial charge in [-0.25, -0.2) is 0 Å². The Bertz CT molecular complexity index is 518. The van der Waals surface area contributed by atoms with Gasteiger partial charge in [0.1, 0.15) is 0 Å². The molecule has 0 saturated heterocycles. The molecule has 0 saturated carbocycles. The van der Waals surface area contributed by atoms with Crippen molar-refractivity contribution in [2.24, 2.45) is 5.73 Å². The molecule has 154 valence electrons.